The van der Waals surface area contributed by atoms with Crippen LogP contribution in [0.25, 0.3) is 0 Å². The molecule has 0 saturated heterocycles. The monoisotopic (exact) mass is 414 g/mol. The number of amides is 2. The van der Waals surface area contributed by atoms with Gasteiger partial charge in [-0.05, 0) is 23.8 Å². The fraction of sp³-hybridized carbons (Fsp3) is 0.278. The lowest BCUT2D eigenvalue weighted by molar-refractivity contribution is -0.118. The molecule has 0 aliphatic carbocycles. The van der Waals surface area contributed by atoms with Gasteiger partial charge in [-0.2, -0.15) is 0 Å². The molecule has 0 fully saturated rings. The van der Waals surface area contributed by atoms with Gasteiger partial charge in [0.1, 0.15) is 0 Å². The number of hydrogen-bond donors (Lipinski definition) is 3. The van der Waals surface area contributed by atoms with Gasteiger partial charge in [-0.25, -0.2) is 0 Å². The lowest BCUT2D eigenvalue weighted by Gasteiger charge is -2.14. The van der Waals surface area contributed by atoms with Crippen molar-refractivity contribution < 1.29 is 14.3 Å². The summed E-state index contributed by atoms with van der Waals surface area (Å²) in [6, 6.07) is 10.5. The van der Waals surface area contributed by atoms with Crippen molar-refractivity contribution in [2.45, 2.75) is 19.1 Å². The van der Waals surface area contributed by atoms with Crippen LogP contribution in [0.3, 0.4) is 0 Å². The highest BCUT2D eigenvalue weighted by molar-refractivity contribution is 6.03. The number of ether oxygens (including phenoxy) is 1. The maximum absolute atomic E-state index is 12.4. The summed E-state index contributed by atoms with van der Waals surface area (Å²) in [5.41, 5.74) is 7.25. The van der Waals surface area contributed by atoms with Crippen molar-refractivity contribution in [2.24, 2.45) is 5.73 Å². The van der Waals surface area contributed by atoms with Crippen LogP contribution in [0.5, 0.6) is 0 Å². The van der Waals surface area contributed by atoms with Gasteiger partial charge in [0.05, 0.1) is 23.8 Å². The number of nitrogens with two attached hydrogens (primary N) is 1. The molecule has 0 bridgehead atoms. The van der Waals surface area contributed by atoms with E-state index in [0.717, 1.165) is 5.56 Å². The molecule has 148 valence electrons. The number of methoxy groups -OCH3 is 1. The summed E-state index contributed by atoms with van der Waals surface area (Å²) in [7, 11) is 1.50. The predicted molar refractivity (Wildman–Crippen MR) is 109 cm³/mol. The summed E-state index contributed by atoms with van der Waals surface area (Å²) in [5.74, 6) is -0.535. The molecule has 1 atom stereocenters. The third kappa shape index (κ3) is 7.92. The zero-order chi connectivity index (χ0) is 18.1. The van der Waals surface area contributed by atoms with E-state index in [4.69, 9.17) is 10.5 Å². The molecular weight excluding hydrogens is 391 g/mol. The van der Waals surface area contributed by atoms with Gasteiger partial charge < -0.3 is 21.1 Å². The molecule has 9 heteroatoms. The first-order chi connectivity index (χ1) is 12.1. The fourth-order valence-corrected chi connectivity index (χ4v) is 2.24. The van der Waals surface area contributed by atoms with E-state index in [-0.39, 0.29) is 55.7 Å². The smallest absolute Gasteiger partial charge is 0.253 e. The lowest BCUT2D eigenvalue weighted by Crippen LogP contribution is -2.29. The summed E-state index contributed by atoms with van der Waals surface area (Å²) >= 11 is 0. The minimum Gasteiger partial charge on any atom is -0.380 e. The minimum absolute atomic E-state index is 0. The number of carbonyl (C=O) groups excluding carboxylic acids is 2. The number of pyridine rings is 1. The average molecular weight is 415 g/mol. The number of carbonyl (C=O) groups is 2. The first-order valence-corrected chi connectivity index (χ1v) is 7.93. The van der Waals surface area contributed by atoms with Crippen LogP contribution in [-0.4, -0.2) is 36.6 Å². The summed E-state index contributed by atoms with van der Waals surface area (Å²) in [5, 5.41) is 5.56. The molecule has 7 nitrogen and oxygen atoms in total. The van der Waals surface area contributed by atoms with Crippen LogP contribution in [0.4, 0.5) is 5.69 Å². The molecule has 0 aliphatic rings. The molecular formula is C18H24Cl2N4O3. The van der Waals surface area contributed by atoms with Crippen molar-refractivity contribution in [1.82, 2.24) is 10.3 Å². The van der Waals surface area contributed by atoms with Crippen molar-refractivity contribution in [3.8, 4) is 0 Å². The summed E-state index contributed by atoms with van der Waals surface area (Å²) in [6.07, 6.45) is 3.13. The van der Waals surface area contributed by atoms with Crippen molar-refractivity contribution in [1.29, 1.82) is 0 Å². The molecule has 27 heavy (non-hydrogen) atoms. The SMILES string of the molecule is COC(CN)CC(=O)Nc1ccccc1C(=O)NCc1cccnc1.Cl.Cl. The number of hydrogen-bond acceptors (Lipinski definition) is 5. The zero-order valence-electron chi connectivity index (χ0n) is 14.9. The number of benzene rings is 1. The van der Waals surface area contributed by atoms with Gasteiger partial charge >= 0.3 is 0 Å². The number of nitrogens with zero attached hydrogens (tertiary/aromatic N) is 1. The molecule has 2 rings (SSSR count). The van der Waals surface area contributed by atoms with Gasteiger partial charge in [0.25, 0.3) is 5.91 Å². The van der Waals surface area contributed by atoms with Gasteiger partial charge in [0, 0.05) is 32.6 Å². The van der Waals surface area contributed by atoms with E-state index < -0.39 is 0 Å². The highest BCUT2D eigenvalue weighted by Crippen LogP contribution is 2.16. The Morgan fingerprint density at radius 1 is 1.19 bits per heavy atom. The molecule has 0 aliphatic heterocycles. The van der Waals surface area contributed by atoms with Gasteiger partial charge in [-0.15, -0.1) is 24.8 Å². The molecule has 0 radical (unpaired) electrons. The Labute approximate surface area is 170 Å². The minimum atomic E-state index is -0.355. The topological polar surface area (TPSA) is 106 Å². The molecule has 0 spiro atoms. The fourth-order valence-electron chi connectivity index (χ4n) is 2.24. The second-order valence-electron chi connectivity index (χ2n) is 5.44. The number of halogens is 2. The largest absolute Gasteiger partial charge is 0.380 e. The molecule has 4 N–H and O–H groups in total. The van der Waals surface area contributed by atoms with Crippen molar-refractivity contribution >= 4 is 42.3 Å². The Hall–Kier alpha value is -2.19. The standard InChI is InChI=1S/C18H22N4O3.2ClH/c1-25-14(10-19)9-17(23)22-16-7-3-2-6-15(16)18(24)21-12-13-5-4-8-20-11-13;;/h2-8,11,14H,9-10,12,19H2,1H3,(H,21,24)(H,22,23);2*1H. The van der Waals surface area contributed by atoms with Gasteiger partial charge in [-0.1, -0.05) is 18.2 Å². The van der Waals surface area contributed by atoms with Gasteiger partial charge in [-0.3, -0.25) is 14.6 Å². The predicted octanol–water partition coefficient (Wildman–Crippen LogP) is 2.16. The Morgan fingerprint density at radius 2 is 1.93 bits per heavy atom. The lowest BCUT2D eigenvalue weighted by atomic mass is 10.1. The number of nitrogens with one attached hydrogen (secondary N) is 2. The molecule has 1 aromatic carbocycles. The van der Waals surface area contributed by atoms with E-state index in [1.54, 1.807) is 42.7 Å². The van der Waals surface area contributed by atoms with Crippen LogP contribution in [-0.2, 0) is 16.1 Å². The molecule has 1 unspecified atom stereocenters. The Bertz CT molecular complexity index is 713. The molecule has 2 amide bonds. The number of para-hydroxylation sites is 1. The van der Waals surface area contributed by atoms with E-state index >= 15 is 0 Å². The van der Waals surface area contributed by atoms with E-state index in [9.17, 15) is 9.59 Å². The van der Waals surface area contributed by atoms with Crippen molar-refractivity contribution in [3.63, 3.8) is 0 Å². The van der Waals surface area contributed by atoms with E-state index in [0.29, 0.717) is 17.8 Å². The van der Waals surface area contributed by atoms with E-state index in [2.05, 4.69) is 15.6 Å². The highest BCUT2D eigenvalue weighted by Gasteiger charge is 2.15. The number of anilines is 1. The summed E-state index contributed by atoms with van der Waals surface area (Å²) < 4.78 is 5.10. The van der Waals surface area contributed by atoms with Crippen LogP contribution in [0.1, 0.15) is 22.3 Å². The van der Waals surface area contributed by atoms with Gasteiger partial charge in [0.2, 0.25) is 5.91 Å². The van der Waals surface area contributed by atoms with Crippen LogP contribution < -0.4 is 16.4 Å². The molecule has 0 saturated carbocycles. The number of rotatable bonds is 8. The Morgan fingerprint density at radius 3 is 2.56 bits per heavy atom. The molecule has 1 aromatic heterocycles. The van der Waals surface area contributed by atoms with E-state index in [1.165, 1.54) is 7.11 Å². The summed E-state index contributed by atoms with van der Waals surface area (Å²) in [4.78, 5) is 28.5. The van der Waals surface area contributed by atoms with Crippen LogP contribution >= 0.6 is 24.8 Å². The first-order valence-electron chi connectivity index (χ1n) is 7.93. The molecule has 2 aromatic rings. The quantitative estimate of drug-likeness (QED) is 0.613. The van der Waals surface area contributed by atoms with Crippen LogP contribution in [0, 0.1) is 0 Å². The van der Waals surface area contributed by atoms with Crippen LogP contribution in [0.15, 0.2) is 48.8 Å². The maximum Gasteiger partial charge on any atom is 0.253 e. The van der Waals surface area contributed by atoms with Crippen LogP contribution in [0.2, 0.25) is 0 Å². The van der Waals surface area contributed by atoms with Gasteiger partial charge in [0.15, 0.2) is 0 Å². The maximum atomic E-state index is 12.4. The van der Waals surface area contributed by atoms with Crippen molar-refractivity contribution in [2.75, 3.05) is 19.0 Å². The second kappa shape index (κ2) is 13.1. The average Bonchev–Trinajstić information content (AvgIpc) is 2.65. The van der Waals surface area contributed by atoms with E-state index in [1.807, 2.05) is 6.07 Å². The second-order valence-corrected chi connectivity index (χ2v) is 5.44. The first kappa shape index (κ1) is 24.8. The normalized spacial score (nSPS) is 10.7. The van der Waals surface area contributed by atoms with Crippen molar-refractivity contribution in [3.05, 3.63) is 59.9 Å². The molecule has 1 heterocycles. The zero-order valence-corrected chi connectivity index (χ0v) is 16.5. The summed E-state index contributed by atoms with van der Waals surface area (Å²) in [6.45, 7) is 0.602. The number of aromatic nitrogens is 1. The third-order valence-corrected chi connectivity index (χ3v) is 3.63. The highest BCUT2D eigenvalue weighted by atomic mass is 35.5. The third-order valence-electron chi connectivity index (χ3n) is 3.63. The Kier molecular flexibility index (Phi) is 12.0. The Balaban J connectivity index is 0.00000338.